The van der Waals surface area contributed by atoms with E-state index in [4.69, 9.17) is 0 Å². The first-order valence-corrected chi connectivity index (χ1v) is 12.7. The van der Waals surface area contributed by atoms with E-state index in [-0.39, 0.29) is 36.8 Å². The normalized spacial score (nSPS) is 13.8. The molecule has 1 saturated carbocycles. The van der Waals surface area contributed by atoms with Crippen molar-refractivity contribution in [2.75, 3.05) is 5.32 Å². The van der Waals surface area contributed by atoms with Crippen LogP contribution in [0.5, 0.6) is 0 Å². The molecule has 2 amide bonds. The second kappa shape index (κ2) is 12.2. The van der Waals surface area contributed by atoms with E-state index in [2.05, 4.69) is 34.3 Å². The molecule has 0 spiro atoms. The van der Waals surface area contributed by atoms with Crippen LogP contribution in [0.15, 0.2) is 49.1 Å². The topological polar surface area (TPSA) is 67.0 Å². The van der Waals surface area contributed by atoms with Crippen LogP contribution in [0.1, 0.15) is 65.4 Å². The Morgan fingerprint density at radius 1 is 1.15 bits per heavy atom. The molecule has 182 valence electrons. The number of halogens is 1. The highest BCUT2D eigenvalue weighted by Crippen LogP contribution is 2.34. The fourth-order valence-corrected chi connectivity index (χ4v) is 5.75. The van der Waals surface area contributed by atoms with Gasteiger partial charge in [-0.15, -0.1) is 11.3 Å². The van der Waals surface area contributed by atoms with Gasteiger partial charge in [0.1, 0.15) is 23.9 Å². The minimum absolute atomic E-state index is 0. The van der Waals surface area contributed by atoms with Gasteiger partial charge in [0.05, 0.1) is 5.56 Å². The van der Waals surface area contributed by atoms with Crippen LogP contribution in [0.25, 0.3) is 0 Å². The van der Waals surface area contributed by atoms with Gasteiger partial charge in [-0.2, -0.15) is 0 Å². The lowest BCUT2D eigenvalue weighted by Gasteiger charge is -2.23. The van der Waals surface area contributed by atoms with Crippen molar-refractivity contribution >= 4 is 28.2 Å². The van der Waals surface area contributed by atoms with Crippen LogP contribution in [-0.2, 0) is 24.3 Å². The summed E-state index contributed by atoms with van der Waals surface area (Å²) in [6.07, 6.45) is 12.2. The van der Waals surface area contributed by atoms with Gasteiger partial charge in [-0.25, -0.2) is 9.13 Å². The average Bonchev–Trinajstić information content (AvgIpc) is 3.37. The number of aromatic nitrogens is 2. The van der Waals surface area contributed by atoms with E-state index in [0.717, 1.165) is 36.2 Å². The number of imidazole rings is 1. The third-order valence-electron chi connectivity index (χ3n) is 6.26. The van der Waals surface area contributed by atoms with Gasteiger partial charge in [-0.3, -0.25) is 9.59 Å². The summed E-state index contributed by atoms with van der Waals surface area (Å²) in [4.78, 5) is 27.1. The highest BCUT2D eigenvalue weighted by atomic mass is 35.5. The summed E-state index contributed by atoms with van der Waals surface area (Å²) in [5, 5.41) is 6.90. The Kier molecular flexibility index (Phi) is 9.30. The van der Waals surface area contributed by atoms with Crippen LogP contribution < -0.4 is 27.6 Å². The lowest BCUT2D eigenvalue weighted by Crippen LogP contribution is -3.00. The molecule has 1 aliphatic rings. The van der Waals surface area contributed by atoms with Crippen molar-refractivity contribution in [1.82, 2.24) is 9.88 Å². The van der Waals surface area contributed by atoms with Crippen molar-refractivity contribution in [2.45, 2.75) is 71.5 Å². The Morgan fingerprint density at radius 3 is 2.59 bits per heavy atom. The number of aryl methyl sites for hydroxylation is 1. The molecule has 8 heteroatoms. The van der Waals surface area contributed by atoms with E-state index in [0.29, 0.717) is 10.6 Å². The summed E-state index contributed by atoms with van der Waals surface area (Å²) >= 11 is 1.49. The van der Waals surface area contributed by atoms with Crippen molar-refractivity contribution < 1.29 is 26.6 Å². The second-order valence-corrected chi connectivity index (χ2v) is 10.0. The van der Waals surface area contributed by atoms with Gasteiger partial charge in [0, 0.05) is 10.9 Å². The molecular weight excluding hydrogens is 468 g/mol. The van der Waals surface area contributed by atoms with Crippen molar-refractivity contribution in [3.05, 3.63) is 70.6 Å². The third kappa shape index (κ3) is 6.48. The number of amides is 2. The molecule has 0 unspecified atom stereocenters. The number of nitrogens with zero attached hydrogens (tertiary/aromatic N) is 2. The minimum Gasteiger partial charge on any atom is -1.00 e. The SMILES string of the molecule is CCc1c(C)sc(NC(=O)Cn2cc[n+](Cc3ccccc3)c2)c1C(=O)NC1CCCCC1.[Cl-]. The molecule has 34 heavy (non-hydrogen) atoms. The third-order valence-corrected chi connectivity index (χ3v) is 7.33. The van der Waals surface area contributed by atoms with Gasteiger partial charge in [-0.1, -0.05) is 56.5 Å². The second-order valence-electron chi connectivity index (χ2n) is 8.79. The largest absolute Gasteiger partial charge is 1.00 e. The predicted octanol–water partition coefficient (Wildman–Crippen LogP) is 1.46. The zero-order valence-electron chi connectivity index (χ0n) is 19.9. The number of nitrogens with one attached hydrogen (secondary N) is 2. The van der Waals surface area contributed by atoms with Gasteiger partial charge < -0.3 is 23.0 Å². The number of thiophene rings is 1. The highest BCUT2D eigenvalue weighted by molar-refractivity contribution is 7.16. The minimum atomic E-state index is -0.131. The molecule has 6 nitrogen and oxygen atoms in total. The van der Waals surface area contributed by atoms with E-state index in [1.165, 1.54) is 36.2 Å². The zero-order valence-corrected chi connectivity index (χ0v) is 21.4. The monoisotopic (exact) mass is 500 g/mol. The van der Waals surface area contributed by atoms with Crippen LogP contribution in [0, 0.1) is 6.92 Å². The van der Waals surface area contributed by atoms with E-state index >= 15 is 0 Å². The molecule has 2 N–H and O–H groups in total. The van der Waals surface area contributed by atoms with Crippen molar-refractivity contribution in [2.24, 2.45) is 0 Å². The highest BCUT2D eigenvalue weighted by Gasteiger charge is 2.25. The molecular formula is C26H33ClN4O2S. The van der Waals surface area contributed by atoms with E-state index in [1.807, 2.05) is 48.4 Å². The molecule has 1 aliphatic carbocycles. The Hall–Kier alpha value is -2.64. The van der Waals surface area contributed by atoms with Crippen LogP contribution >= 0.6 is 11.3 Å². The average molecular weight is 501 g/mol. The van der Waals surface area contributed by atoms with Gasteiger partial charge in [-0.05, 0) is 37.3 Å². The Bertz CT molecular complexity index is 1100. The molecule has 1 aromatic carbocycles. The molecule has 1 fully saturated rings. The first-order chi connectivity index (χ1) is 16.0. The summed E-state index contributed by atoms with van der Waals surface area (Å²) in [5.74, 6) is -0.187. The summed E-state index contributed by atoms with van der Waals surface area (Å²) in [6, 6.07) is 10.5. The molecule has 3 aromatic rings. The van der Waals surface area contributed by atoms with Crippen molar-refractivity contribution in [3.8, 4) is 0 Å². The quantitative estimate of drug-likeness (QED) is 0.460. The lowest BCUT2D eigenvalue weighted by molar-refractivity contribution is -0.687. The molecule has 0 radical (unpaired) electrons. The first-order valence-electron chi connectivity index (χ1n) is 11.8. The Balaban J connectivity index is 0.00000324. The van der Waals surface area contributed by atoms with Crippen molar-refractivity contribution in [1.29, 1.82) is 0 Å². The standard InChI is InChI=1S/C26H32N4O2S.ClH/c1-3-22-19(2)33-26(24(22)25(32)27-21-12-8-5-9-13-21)28-23(31)17-30-15-14-29(18-30)16-20-10-6-4-7-11-20;/h4,6-7,10-11,14-15,18,21H,3,5,8-9,12-13,16-17H2,1-2H3,(H-,27,28,31,32);1H. The van der Waals surface area contributed by atoms with Gasteiger partial charge in [0.2, 0.25) is 6.33 Å². The summed E-state index contributed by atoms with van der Waals surface area (Å²) in [6.45, 7) is 5.03. The fourth-order valence-electron chi connectivity index (χ4n) is 4.59. The number of carbonyl (C=O) groups excluding carboxylic acids is 2. The summed E-state index contributed by atoms with van der Waals surface area (Å²) < 4.78 is 3.91. The number of carbonyl (C=O) groups is 2. The maximum absolute atomic E-state index is 13.2. The van der Waals surface area contributed by atoms with Crippen LogP contribution in [0.2, 0.25) is 0 Å². The van der Waals surface area contributed by atoms with Crippen LogP contribution in [-0.4, -0.2) is 22.4 Å². The Labute approximate surface area is 211 Å². The number of hydrogen-bond donors (Lipinski definition) is 2. The number of hydrogen-bond acceptors (Lipinski definition) is 3. The lowest BCUT2D eigenvalue weighted by atomic mass is 9.95. The van der Waals surface area contributed by atoms with Crippen LogP contribution in [0.3, 0.4) is 0 Å². The fraction of sp³-hybridized carbons (Fsp3) is 0.423. The molecule has 0 saturated heterocycles. The predicted molar refractivity (Wildman–Crippen MR) is 132 cm³/mol. The van der Waals surface area contributed by atoms with E-state index < -0.39 is 0 Å². The van der Waals surface area contributed by atoms with Gasteiger partial charge in [0.25, 0.3) is 11.8 Å². The van der Waals surface area contributed by atoms with Gasteiger partial charge in [0.15, 0.2) is 6.54 Å². The summed E-state index contributed by atoms with van der Waals surface area (Å²) in [7, 11) is 0. The van der Waals surface area contributed by atoms with Crippen LogP contribution in [0.4, 0.5) is 5.00 Å². The van der Waals surface area contributed by atoms with E-state index in [9.17, 15) is 9.59 Å². The molecule has 2 heterocycles. The Morgan fingerprint density at radius 2 is 1.88 bits per heavy atom. The molecule has 0 atom stereocenters. The number of rotatable bonds is 8. The maximum atomic E-state index is 13.2. The molecule has 4 rings (SSSR count). The van der Waals surface area contributed by atoms with E-state index in [1.54, 1.807) is 0 Å². The molecule has 2 aromatic heterocycles. The number of benzene rings is 1. The zero-order chi connectivity index (χ0) is 23.2. The molecule has 0 aliphatic heterocycles. The van der Waals surface area contributed by atoms with Crippen molar-refractivity contribution in [3.63, 3.8) is 0 Å². The van der Waals surface area contributed by atoms with Gasteiger partial charge >= 0.3 is 0 Å². The summed E-state index contributed by atoms with van der Waals surface area (Å²) in [5.41, 5.74) is 2.88. The molecule has 0 bridgehead atoms. The maximum Gasteiger partial charge on any atom is 0.267 e. The number of anilines is 1. The smallest absolute Gasteiger partial charge is 0.267 e. The first kappa shape index (κ1) is 26.0.